The molecule has 1 saturated heterocycles. The van der Waals surface area contributed by atoms with Gasteiger partial charge in [0.25, 0.3) is 0 Å². The molecular formula is C32H40N4O4. The van der Waals surface area contributed by atoms with Gasteiger partial charge in [-0.15, -0.1) is 0 Å². The van der Waals surface area contributed by atoms with Crippen molar-refractivity contribution in [1.82, 2.24) is 20.3 Å². The number of carbonyl (C=O) groups is 1. The number of rotatable bonds is 10. The first kappa shape index (κ1) is 27.1. The average Bonchev–Trinajstić information content (AvgIpc) is 3.80. The molecule has 2 unspecified atom stereocenters. The van der Waals surface area contributed by atoms with Gasteiger partial charge in [0, 0.05) is 36.4 Å². The van der Waals surface area contributed by atoms with Crippen molar-refractivity contribution in [3.8, 4) is 5.75 Å². The van der Waals surface area contributed by atoms with Gasteiger partial charge in [-0.05, 0) is 117 Å². The Morgan fingerprint density at radius 3 is 2.83 bits per heavy atom. The van der Waals surface area contributed by atoms with E-state index in [0.717, 1.165) is 79.0 Å². The second-order valence-corrected chi connectivity index (χ2v) is 12.1. The summed E-state index contributed by atoms with van der Waals surface area (Å²) < 4.78 is 5.44. The van der Waals surface area contributed by atoms with Crippen LogP contribution < -0.4 is 10.1 Å². The fourth-order valence-corrected chi connectivity index (χ4v) is 7.07. The molecule has 3 aliphatic rings. The number of aliphatic hydroxyl groups is 1. The minimum absolute atomic E-state index is 0.00889. The predicted octanol–water partition coefficient (Wildman–Crippen LogP) is 4.53. The molecule has 5 atom stereocenters. The number of carboxylic acid groups (broad SMARTS) is 1. The summed E-state index contributed by atoms with van der Waals surface area (Å²) >= 11 is 0. The van der Waals surface area contributed by atoms with Crippen LogP contribution in [0.4, 0.5) is 0 Å². The minimum atomic E-state index is -0.749. The molecule has 1 aromatic carbocycles. The van der Waals surface area contributed by atoms with Crippen LogP contribution in [0.2, 0.25) is 0 Å². The molecular weight excluding hydrogens is 504 g/mol. The maximum Gasteiger partial charge on any atom is 0.308 e. The number of aromatic nitrogens is 3. The summed E-state index contributed by atoms with van der Waals surface area (Å²) in [5, 5.41) is 25.9. The number of piperidine rings is 1. The van der Waals surface area contributed by atoms with E-state index in [2.05, 4.69) is 15.3 Å². The van der Waals surface area contributed by atoms with Gasteiger partial charge in [0.15, 0.2) is 0 Å². The molecule has 2 aliphatic carbocycles. The second-order valence-electron chi connectivity index (χ2n) is 12.1. The number of carboxylic acids is 1. The lowest BCUT2D eigenvalue weighted by molar-refractivity contribution is -0.145. The number of aryl methyl sites for hydroxylation is 1. The van der Waals surface area contributed by atoms with E-state index in [4.69, 9.17) is 9.72 Å². The molecule has 1 saturated carbocycles. The maximum absolute atomic E-state index is 12.3. The van der Waals surface area contributed by atoms with Gasteiger partial charge in [-0.1, -0.05) is 0 Å². The molecule has 2 aromatic heterocycles. The van der Waals surface area contributed by atoms with Crippen LogP contribution in [-0.2, 0) is 24.1 Å². The highest BCUT2D eigenvalue weighted by Crippen LogP contribution is 2.41. The number of fused-ring (bicyclic) bond motifs is 2. The average molecular weight is 545 g/mol. The largest absolute Gasteiger partial charge is 0.497 e. The molecule has 212 valence electrons. The van der Waals surface area contributed by atoms with Crippen LogP contribution in [-0.4, -0.2) is 51.3 Å². The van der Waals surface area contributed by atoms with Crippen LogP contribution in [0.1, 0.15) is 67.3 Å². The van der Waals surface area contributed by atoms with E-state index in [0.29, 0.717) is 18.9 Å². The van der Waals surface area contributed by atoms with E-state index >= 15 is 0 Å². The van der Waals surface area contributed by atoms with Gasteiger partial charge >= 0.3 is 5.97 Å². The molecule has 0 bridgehead atoms. The van der Waals surface area contributed by atoms with Crippen molar-refractivity contribution in [2.24, 2.45) is 29.6 Å². The molecule has 0 radical (unpaired) electrons. The number of pyridine rings is 1. The zero-order valence-corrected chi connectivity index (χ0v) is 23.3. The van der Waals surface area contributed by atoms with Gasteiger partial charge in [-0.25, -0.2) is 9.97 Å². The van der Waals surface area contributed by atoms with Crippen LogP contribution in [0.15, 0.2) is 36.7 Å². The van der Waals surface area contributed by atoms with Crippen LogP contribution in [0.3, 0.4) is 0 Å². The fourth-order valence-electron chi connectivity index (χ4n) is 7.07. The molecule has 8 heteroatoms. The highest BCUT2D eigenvalue weighted by molar-refractivity contribution is 5.83. The zero-order valence-electron chi connectivity index (χ0n) is 23.3. The lowest BCUT2D eigenvalue weighted by Crippen LogP contribution is -2.44. The quantitative estimate of drug-likeness (QED) is 0.341. The topological polar surface area (TPSA) is 117 Å². The van der Waals surface area contributed by atoms with E-state index in [1.807, 2.05) is 30.5 Å². The van der Waals surface area contributed by atoms with E-state index in [1.165, 1.54) is 24.1 Å². The minimum Gasteiger partial charge on any atom is -0.497 e. The first-order valence-corrected chi connectivity index (χ1v) is 14.9. The number of methoxy groups -OCH3 is 1. The number of nitrogens with one attached hydrogen (secondary N) is 1. The third kappa shape index (κ3) is 5.98. The summed E-state index contributed by atoms with van der Waals surface area (Å²) in [7, 11) is 1.63. The second kappa shape index (κ2) is 11.8. The van der Waals surface area contributed by atoms with Gasteiger partial charge in [-0.2, -0.15) is 0 Å². The van der Waals surface area contributed by atoms with Crippen molar-refractivity contribution in [3.05, 3.63) is 59.3 Å². The third-order valence-corrected chi connectivity index (χ3v) is 9.43. The van der Waals surface area contributed by atoms with Crippen molar-refractivity contribution in [1.29, 1.82) is 0 Å². The number of ether oxygens (including phenoxy) is 1. The number of hydrogen-bond donors (Lipinski definition) is 3. The van der Waals surface area contributed by atoms with E-state index in [9.17, 15) is 15.0 Å². The summed E-state index contributed by atoms with van der Waals surface area (Å²) in [6.45, 7) is 1.29. The molecule has 6 rings (SSSR count). The molecule has 3 heterocycles. The number of benzene rings is 1. The molecule has 3 aromatic rings. The van der Waals surface area contributed by atoms with E-state index < -0.39 is 18.0 Å². The Hall–Kier alpha value is -3.10. The number of aliphatic hydroxyl groups excluding tert-OH is 1. The molecule has 3 N–H and O–H groups in total. The highest BCUT2D eigenvalue weighted by atomic mass is 16.5. The Kier molecular flexibility index (Phi) is 7.98. The van der Waals surface area contributed by atoms with E-state index in [1.54, 1.807) is 13.3 Å². The summed E-state index contributed by atoms with van der Waals surface area (Å²) in [6.07, 6.45) is 11.8. The zero-order chi connectivity index (χ0) is 27.6. The smallest absolute Gasteiger partial charge is 0.308 e. The SMILES string of the molecule is COc1ccc2nccc([C@H](O)C[C@@H](C[C@H]3CCc4nc(CC5CC5)ncc4C3)C3CCNCC3C(=O)O)c2c1. The Morgan fingerprint density at radius 2 is 2.02 bits per heavy atom. The molecule has 8 nitrogen and oxygen atoms in total. The Morgan fingerprint density at radius 1 is 1.15 bits per heavy atom. The van der Waals surface area contributed by atoms with Gasteiger partial charge in [-0.3, -0.25) is 9.78 Å². The van der Waals surface area contributed by atoms with E-state index in [-0.39, 0.29) is 11.8 Å². The van der Waals surface area contributed by atoms with Gasteiger partial charge < -0.3 is 20.3 Å². The lowest BCUT2D eigenvalue weighted by Gasteiger charge is -2.39. The standard InChI is InChI=1S/C32H40N4O4/c1-40-23-5-7-29-26(16-23)25(9-11-34-29)30(37)15-21(24-8-10-33-18-27(24)32(38)39)12-20-4-6-28-22(13-20)17-35-31(36-28)14-19-2-3-19/h5,7,9,11,16-17,19-21,24,27,30,33,37H,2-4,6,8,10,12-15,18H2,1H3,(H,38,39)/t20-,21-,24?,27?,30-/m1/s1. The van der Waals surface area contributed by atoms with Crippen LogP contribution in [0, 0.1) is 29.6 Å². The van der Waals surface area contributed by atoms with Crippen molar-refractivity contribution >= 4 is 16.9 Å². The Labute approximate surface area is 235 Å². The predicted molar refractivity (Wildman–Crippen MR) is 152 cm³/mol. The first-order chi connectivity index (χ1) is 19.5. The van der Waals surface area contributed by atoms with Crippen LogP contribution >= 0.6 is 0 Å². The van der Waals surface area contributed by atoms with Gasteiger partial charge in [0.05, 0.1) is 24.6 Å². The van der Waals surface area contributed by atoms with Crippen molar-refractivity contribution < 1.29 is 19.7 Å². The first-order valence-electron chi connectivity index (χ1n) is 14.9. The van der Waals surface area contributed by atoms with Crippen molar-refractivity contribution in [2.45, 2.75) is 63.9 Å². The van der Waals surface area contributed by atoms with Crippen LogP contribution in [0.25, 0.3) is 10.9 Å². The lowest BCUT2D eigenvalue weighted by atomic mass is 9.69. The normalized spacial score (nSPS) is 24.3. The van der Waals surface area contributed by atoms with Gasteiger partial charge in [0.2, 0.25) is 0 Å². The number of nitrogens with zero attached hydrogens (tertiary/aromatic N) is 3. The Bertz CT molecular complexity index is 1360. The van der Waals surface area contributed by atoms with Crippen molar-refractivity contribution in [2.75, 3.05) is 20.2 Å². The van der Waals surface area contributed by atoms with Crippen LogP contribution in [0.5, 0.6) is 5.75 Å². The number of aliphatic carboxylic acids is 1. The fraction of sp³-hybridized carbons (Fsp3) is 0.562. The summed E-state index contributed by atoms with van der Waals surface area (Å²) in [5.74, 6) is 1.78. The summed E-state index contributed by atoms with van der Waals surface area (Å²) in [6, 6.07) is 7.59. The molecule has 40 heavy (non-hydrogen) atoms. The van der Waals surface area contributed by atoms with Gasteiger partial charge in [0.1, 0.15) is 11.6 Å². The monoisotopic (exact) mass is 544 g/mol. The maximum atomic E-state index is 12.3. The summed E-state index contributed by atoms with van der Waals surface area (Å²) in [5.41, 5.74) is 4.06. The molecule has 2 fully saturated rings. The number of hydrogen-bond acceptors (Lipinski definition) is 7. The molecule has 0 spiro atoms. The highest BCUT2D eigenvalue weighted by Gasteiger charge is 2.39. The van der Waals surface area contributed by atoms with Crippen molar-refractivity contribution in [3.63, 3.8) is 0 Å². The molecule has 0 amide bonds. The Balaban J connectivity index is 1.24. The summed E-state index contributed by atoms with van der Waals surface area (Å²) in [4.78, 5) is 26.4. The third-order valence-electron chi connectivity index (χ3n) is 9.43. The molecule has 1 aliphatic heterocycles.